The lowest BCUT2D eigenvalue weighted by molar-refractivity contribution is 0.0937. The largest absolute Gasteiger partial charge is 0.497 e. The molecule has 1 aromatic heterocycles. The molecule has 0 saturated carbocycles. The molecule has 1 aliphatic heterocycles. The van der Waals surface area contributed by atoms with Gasteiger partial charge in [-0.2, -0.15) is 0 Å². The van der Waals surface area contributed by atoms with Crippen LogP contribution in [0.2, 0.25) is 0 Å². The summed E-state index contributed by atoms with van der Waals surface area (Å²) in [7, 11) is -0.922. The van der Waals surface area contributed by atoms with Crippen LogP contribution in [0.4, 0.5) is 11.5 Å². The minimum Gasteiger partial charge on any atom is -0.497 e. The number of methoxy groups -OCH3 is 2. The van der Waals surface area contributed by atoms with E-state index in [1.165, 1.54) is 31.5 Å². The number of anilines is 2. The highest BCUT2D eigenvalue weighted by Gasteiger charge is 2.23. The van der Waals surface area contributed by atoms with E-state index in [0.717, 1.165) is 13.1 Å². The van der Waals surface area contributed by atoms with Crippen LogP contribution in [0.5, 0.6) is 5.75 Å². The number of sulfonamides is 1. The van der Waals surface area contributed by atoms with Crippen molar-refractivity contribution in [1.82, 2.24) is 15.6 Å². The third-order valence-electron chi connectivity index (χ3n) is 4.73. The molecule has 0 radical (unpaired) electrons. The maximum Gasteiger partial charge on any atom is 0.262 e. The van der Waals surface area contributed by atoms with E-state index in [4.69, 9.17) is 9.47 Å². The van der Waals surface area contributed by atoms with Crippen LogP contribution in [0.1, 0.15) is 10.4 Å². The zero-order valence-corrected chi connectivity index (χ0v) is 18.4. The van der Waals surface area contributed by atoms with E-state index < -0.39 is 10.0 Å². The number of rotatable bonds is 9. The van der Waals surface area contributed by atoms with Crippen LogP contribution in [-0.4, -0.2) is 72.9 Å². The first-order valence-corrected chi connectivity index (χ1v) is 11.3. The van der Waals surface area contributed by atoms with E-state index in [1.54, 1.807) is 19.2 Å². The number of nitrogens with one attached hydrogen (secondary N) is 3. The summed E-state index contributed by atoms with van der Waals surface area (Å²) in [5.74, 6) is 0.536. The van der Waals surface area contributed by atoms with Gasteiger partial charge in [0.25, 0.3) is 15.9 Å². The molecule has 10 nitrogen and oxygen atoms in total. The first kappa shape index (κ1) is 22.8. The third-order valence-corrected chi connectivity index (χ3v) is 6.10. The number of aromatic nitrogens is 1. The Bertz CT molecular complexity index is 1010. The van der Waals surface area contributed by atoms with Crippen molar-refractivity contribution in [3.63, 3.8) is 0 Å². The Kier molecular flexibility index (Phi) is 7.66. The van der Waals surface area contributed by atoms with Crippen LogP contribution < -0.4 is 25.0 Å². The fourth-order valence-corrected chi connectivity index (χ4v) is 4.21. The summed E-state index contributed by atoms with van der Waals surface area (Å²) in [4.78, 5) is 18.9. The Balaban J connectivity index is 1.93. The standard InChI is InChI=1S/C20H27N5O5S/c1-29-11-8-22-20(26)15-12-18(19(23-14-15)25-9-6-21-7-10-25)24-31(27,28)17-5-3-4-16(13-17)30-2/h3-5,12-14,21,24H,6-11H2,1-2H3,(H,22,26). The highest BCUT2D eigenvalue weighted by atomic mass is 32.2. The van der Waals surface area contributed by atoms with E-state index in [9.17, 15) is 13.2 Å². The van der Waals surface area contributed by atoms with Gasteiger partial charge in [0.15, 0.2) is 5.82 Å². The number of carbonyl (C=O) groups is 1. The van der Waals surface area contributed by atoms with Crippen LogP contribution in [-0.2, 0) is 14.8 Å². The smallest absolute Gasteiger partial charge is 0.262 e. The number of nitrogens with zero attached hydrogens (tertiary/aromatic N) is 2. The van der Waals surface area contributed by atoms with Gasteiger partial charge in [0, 0.05) is 52.1 Å². The summed E-state index contributed by atoms with van der Waals surface area (Å²) in [5, 5.41) is 5.97. The highest BCUT2D eigenvalue weighted by molar-refractivity contribution is 7.92. The first-order chi connectivity index (χ1) is 14.9. The maximum absolute atomic E-state index is 13.1. The average Bonchev–Trinajstić information content (AvgIpc) is 2.79. The van der Waals surface area contributed by atoms with E-state index in [-0.39, 0.29) is 22.1 Å². The van der Waals surface area contributed by atoms with E-state index in [0.29, 0.717) is 37.8 Å². The number of pyridine rings is 1. The third kappa shape index (κ3) is 5.84. The molecule has 3 rings (SSSR count). The molecule has 0 aliphatic carbocycles. The molecular formula is C20H27N5O5S. The SMILES string of the molecule is COCCNC(=O)c1cnc(N2CCNCC2)c(NS(=O)(=O)c2cccc(OC)c2)c1. The highest BCUT2D eigenvalue weighted by Crippen LogP contribution is 2.28. The second-order valence-corrected chi connectivity index (χ2v) is 8.55. The second-order valence-electron chi connectivity index (χ2n) is 6.87. The van der Waals surface area contributed by atoms with Crippen molar-refractivity contribution in [1.29, 1.82) is 0 Å². The minimum atomic E-state index is -3.93. The number of hydrogen-bond donors (Lipinski definition) is 3. The fraction of sp³-hybridized carbons (Fsp3) is 0.400. The van der Waals surface area contributed by atoms with Crippen molar-refractivity contribution in [2.24, 2.45) is 0 Å². The molecule has 2 heterocycles. The lowest BCUT2D eigenvalue weighted by atomic mass is 10.2. The van der Waals surface area contributed by atoms with Gasteiger partial charge in [-0.15, -0.1) is 0 Å². The summed E-state index contributed by atoms with van der Waals surface area (Å²) < 4.78 is 38.8. The molecular weight excluding hydrogens is 422 g/mol. The molecule has 1 amide bonds. The van der Waals surface area contributed by atoms with Crippen molar-refractivity contribution < 1.29 is 22.7 Å². The zero-order valence-electron chi connectivity index (χ0n) is 17.6. The minimum absolute atomic E-state index is 0.0491. The van der Waals surface area contributed by atoms with Crippen LogP contribution in [0.15, 0.2) is 41.4 Å². The van der Waals surface area contributed by atoms with E-state index >= 15 is 0 Å². The van der Waals surface area contributed by atoms with Crippen molar-refractivity contribution >= 4 is 27.4 Å². The number of piperazine rings is 1. The molecule has 1 aromatic carbocycles. The summed E-state index contributed by atoms with van der Waals surface area (Å²) >= 11 is 0. The fourth-order valence-electron chi connectivity index (χ4n) is 3.13. The molecule has 11 heteroatoms. The van der Waals surface area contributed by atoms with Crippen LogP contribution in [0.3, 0.4) is 0 Å². The molecule has 0 atom stereocenters. The lowest BCUT2D eigenvalue weighted by Gasteiger charge is -2.30. The predicted molar refractivity (Wildman–Crippen MR) is 117 cm³/mol. The topological polar surface area (TPSA) is 122 Å². The van der Waals surface area contributed by atoms with Gasteiger partial charge in [-0.25, -0.2) is 13.4 Å². The molecule has 0 bridgehead atoms. The number of hydrogen-bond acceptors (Lipinski definition) is 8. The zero-order chi connectivity index (χ0) is 22.3. The van der Waals surface area contributed by atoms with Gasteiger partial charge in [0.1, 0.15) is 5.75 Å². The van der Waals surface area contributed by atoms with Gasteiger partial charge >= 0.3 is 0 Å². The number of benzene rings is 1. The molecule has 0 spiro atoms. The van der Waals surface area contributed by atoms with Gasteiger partial charge in [0.05, 0.1) is 29.9 Å². The summed E-state index contributed by atoms with van der Waals surface area (Å²) in [6.45, 7) is 3.54. The first-order valence-electron chi connectivity index (χ1n) is 9.84. The monoisotopic (exact) mass is 449 g/mol. The lowest BCUT2D eigenvalue weighted by Crippen LogP contribution is -2.44. The molecule has 31 heavy (non-hydrogen) atoms. The molecule has 1 fully saturated rings. The normalized spacial score (nSPS) is 14.2. The van der Waals surface area contributed by atoms with Crippen molar-refractivity contribution in [2.75, 3.05) is 63.2 Å². The Morgan fingerprint density at radius 2 is 2.00 bits per heavy atom. The molecule has 1 saturated heterocycles. The van der Waals surface area contributed by atoms with Crippen LogP contribution in [0.25, 0.3) is 0 Å². The van der Waals surface area contributed by atoms with Gasteiger partial charge < -0.3 is 25.0 Å². The van der Waals surface area contributed by atoms with Crippen LogP contribution in [0, 0.1) is 0 Å². The molecule has 2 aromatic rings. The number of ether oxygens (including phenoxy) is 2. The number of carbonyl (C=O) groups excluding carboxylic acids is 1. The van der Waals surface area contributed by atoms with Crippen molar-refractivity contribution in [2.45, 2.75) is 4.90 Å². The molecule has 0 unspecified atom stereocenters. The van der Waals surface area contributed by atoms with E-state index in [2.05, 4.69) is 20.3 Å². The maximum atomic E-state index is 13.1. The molecule has 168 valence electrons. The predicted octanol–water partition coefficient (Wildman–Crippen LogP) is 0.677. The molecule has 3 N–H and O–H groups in total. The Labute approximate surface area is 182 Å². The molecule has 1 aliphatic rings. The summed E-state index contributed by atoms with van der Waals surface area (Å²) in [6.07, 6.45) is 1.45. The van der Waals surface area contributed by atoms with Gasteiger partial charge in [-0.05, 0) is 18.2 Å². The van der Waals surface area contributed by atoms with Crippen molar-refractivity contribution in [3.8, 4) is 5.75 Å². The van der Waals surface area contributed by atoms with Gasteiger partial charge in [-0.3, -0.25) is 9.52 Å². The second kappa shape index (κ2) is 10.4. The van der Waals surface area contributed by atoms with E-state index in [1.807, 2.05) is 4.90 Å². The van der Waals surface area contributed by atoms with Gasteiger partial charge in [0.2, 0.25) is 0 Å². The summed E-state index contributed by atoms with van der Waals surface area (Å²) in [6, 6.07) is 7.68. The summed E-state index contributed by atoms with van der Waals surface area (Å²) in [5.41, 5.74) is 0.488. The Hall–Kier alpha value is -2.89. The Morgan fingerprint density at radius 3 is 2.71 bits per heavy atom. The van der Waals surface area contributed by atoms with Crippen molar-refractivity contribution in [3.05, 3.63) is 42.1 Å². The van der Waals surface area contributed by atoms with Crippen LogP contribution >= 0.6 is 0 Å². The van der Waals surface area contributed by atoms with Gasteiger partial charge in [-0.1, -0.05) is 6.07 Å². The quantitative estimate of drug-likeness (QED) is 0.478. The Morgan fingerprint density at radius 1 is 1.23 bits per heavy atom. The number of amides is 1. The average molecular weight is 450 g/mol.